The van der Waals surface area contributed by atoms with Crippen LogP contribution in [0.4, 0.5) is 0 Å². The molecular weight excluding hydrogens is 332 g/mol. The van der Waals surface area contributed by atoms with Crippen LogP contribution in [-0.2, 0) is 4.79 Å². The molecule has 0 atom stereocenters. The molecule has 0 saturated heterocycles. The quantitative estimate of drug-likeness (QED) is 0.537. The third kappa shape index (κ3) is 4.24. The fourth-order valence-corrected chi connectivity index (χ4v) is 2.41. The van der Waals surface area contributed by atoms with E-state index in [0.717, 1.165) is 5.56 Å². The van der Waals surface area contributed by atoms with Crippen LogP contribution in [0.2, 0.25) is 0 Å². The molecule has 1 heterocycles. The second kappa shape index (κ2) is 7.48. The minimum absolute atomic E-state index is 0.111. The van der Waals surface area contributed by atoms with Gasteiger partial charge in [0.15, 0.2) is 0 Å². The minimum Gasteiger partial charge on any atom is -0.427 e. The van der Waals surface area contributed by atoms with Gasteiger partial charge in [-0.15, -0.1) is 0 Å². The molecule has 0 aliphatic rings. The van der Waals surface area contributed by atoms with Gasteiger partial charge in [-0.05, 0) is 35.4 Å². The highest BCUT2D eigenvalue weighted by molar-refractivity contribution is 5.69. The topological polar surface area (TPSA) is 92.0 Å². The van der Waals surface area contributed by atoms with Crippen molar-refractivity contribution < 1.29 is 9.53 Å². The van der Waals surface area contributed by atoms with Crippen LogP contribution < -0.4 is 26.6 Å². The lowest BCUT2D eigenvalue weighted by Crippen LogP contribution is -2.46. The average Bonchev–Trinajstić information content (AvgIpc) is 2.60. The lowest BCUT2D eigenvalue weighted by atomic mass is 10.2. The number of hydrogen-bond acceptors (Lipinski definition) is 4. The van der Waals surface area contributed by atoms with Crippen LogP contribution in [0.3, 0.4) is 0 Å². The van der Waals surface area contributed by atoms with Crippen molar-refractivity contribution in [2.45, 2.75) is 6.92 Å². The van der Waals surface area contributed by atoms with Crippen LogP contribution in [0.25, 0.3) is 12.2 Å². The number of nitrogens with one attached hydrogen (secondary N) is 2. The first kappa shape index (κ1) is 17.2. The third-order valence-electron chi connectivity index (χ3n) is 3.53. The Balaban J connectivity index is 2.05. The summed E-state index contributed by atoms with van der Waals surface area (Å²) in [7, 11) is 0. The lowest BCUT2D eigenvalue weighted by Gasteiger charge is -2.01. The van der Waals surface area contributed by atoms with Crippen molar-refractivity contribution in [2.24, 2.45) is 0 Å². The van der Waals surface area contributed by atoms with Gasteiger partial charge in [-0.25, -0.2) is 0 Å². The maximum absolute atomic E-state index is 12.3. The average molecular weight is 348 g/mol. The van der Waals surface area contributed by atoms with Gasteiger partial charge in [-0.3, -0.25) is 14.4 Å². The SMILES string of the molecule is CC(=O)Oc1cccc(/C=c2\[nH]c(=O)/c(=C/c3ccccc3)[nH]c2=O)c1. The Morgan fingerprint density at radius 1 is 0.846 bits per heavy atom. The molecule has 2 N–H and O–H groups in total. The zero-order chi connectivity index (χ0) is 18.5. The summed E-state index contributed by atoms with van der Waals surface area (Å²) in [4.78, 5) is 40.7. The molecule has 6 heteroatoms. The first-order valence-electron chi connectivity index (χ1n) is 7.91. The van der Waals surface area contributed by atoms with Gasteiger partial charge in [0.05, 0.1) is 0 Å². The van der Waals surface area contributed by atoms with Crippen molar-refractivity contribution in [1.82, 2.24) is 9.97 Å². The van der Waals surface area contributed by atoms with Crippen LogP contribution in [0.5, 0.6) is 5.75 Å². The van der Waals surface area contributed by atoms with Crippen molar-refractivity contribution in [2.75, 3.05) is 0 Å². The smallest absolute Gasteiger partial charge is 0.308 e. The predicted molar refractivity (Wildman–Crippen MR) is 98.3 cm³/mol. The number of carbonyl (C=O) groups excluding carboxylic acids is 1. The van der Waals surface area contributed by atoms with E-state index in [1.165, 1.54) is 13.0 Å². The van der Waals surface area contributed by atoms with Gasteiger partial charge in [0.1, 0.15) is 16.4 Å². The van der Waals surface area contributed by atoms with E-state index >= 15 is 0 Å². The van der Waals surface area contributed by atoms with E-state index in [9.17, 15) is 14.4 Å². The first-order valence-corrected chi connectivity index (χ1v) is 7.91. The highest BCUT2D eigenvalue weighted by Crippen LogP contribution is 2.13. The molecule has 0 bridgehead atoms. The van der Waals surface area contributed by atoms with Gasteiger partial charge in [0, 0.05) is 6.92 Å². The maximum Gasteiger partial charge on any atom is 0.308 e. The monoisotopic (exact) mass is 348 g/mol. The van der Waals surface area contributed by atoms with E-state index in [-0.39, 0.29) is 10.7 Å². The maximum atomic E-state index is 12.3. The fraction of sp³-hybridized carbons (Fsp3) is 0.0500. The van der Waals surface area contributed by atoms with E-state index in [2.05, 4.69) is 9.97 Å². The number of rotatable bonds is 3. The number of aromatic amines is 2. The number of carbonyl (C=O) groups is 1. The summed E-state index contributed by atoms with van der Waals surface area (Å²) < 4.78 is 5.01. The lowest BCUT2D eigenvalue weighted by molar-refractivity contribution is -0.131. The highest BCUT2D eigenvalue weighted by atomic mass is 16.5. The van der Waals surface area contributed by atoms with Crippen molar-refractivity contribution >= 4 is 18.1 Å². The predicted octanol–water partition coefficient (Wildman–Crippen LogP) is 0.646. The summed E-state index contributed by atoms with van der Waals surface area (Å²) >= 11 is 0. The molecule has 0 aliphatic heterocycles. The van der Waals surface area contributed by atoms with Crippen molar-refractivity contribution in [3.8, 4) is 5.75 Å². The number of ether oxygens (including phenoxy) is 1. The highest BCUT2D eigenvalue weighted by Gasteiger charge is 2.00. The van der Waals surface area contributed by atoms with Crippen LogP contribution in [0.15, 0.2) is 64.2 Å². The van der Waals surface area contributed by atoms with Crippen LogP contribution in [0.1, 0.15) is 18.1 Å². The minimum atomic E-state index is -0.436. The summed E-state index contributed by atoms with van der Waals surface area (Å²) in [6.07, 6.45) is 3.12. The van der Waals surface area contributed by atoms with Crippen molar-refractivity contribution in [1.29, 1.82) is 0 Å². The standard InChI is InChI=1S/C20H16N2O4/c1-13(23)26-16-9-5-8-15(10-16)12-18-20(25)21-17(19(24)22-18)11-14-6-3-2-4-7-14/h2-12H,1H3,(H,21,25)(H,22,24)/b17-11-,18-12-. The van der Waals surface area contributed by atoms with Gasteiger partial charge in [-0.1, -0.05) is 42.5 Å². The molecule has 3 aromatic rings. The van der Waals surface area contributed by atoms with E-state index in [0.29, 0.717) is 11.3 Å². The summed E-state index contributed by atoms with van der Waals surface area (Å²) in [6, 6.07) is 15.9. The number of esters is 1. The summed E-state index contributed by atoms with van der Waals surface area (Å²) in [5.41, 5.74) is 0.588. The van der Waals surface area contributed by atoms with E-state index in [4.69, 9.17) is 4.74 Å². The van der Waals surface area contributed by atoms with Gasteiger partial charge in [0.2, 0.25) is 0 Å². The molecule has 130 valence electrons. The normalized spacial score (nSPS) is 12.2. The molecule has 0 unspecified atom stereocenters. The Hall–Kier alpha value is -3.67. The van der Waals surface area contributed by atoms with Crippen LogP contribution in [-0.4, -0.2) is 15.9 Å². The molecule has 0 aliphatic carbocycles. The Kier molecular flexibility index (Phi) is 4.94. The molecule has 0 radical (unpaired) electrons. The van der Waals surface area contributed by atoms with Crippen molar-refractivity contribution in [3.05, 3.63) is 97.1 Å². The fourth-order valence-electron chi connectivity index (χ4n) is 2.41. The van der Waals surface area contributed by atoms with Crippen LogP contribution >= 0.6 is 0 Å². The van der Waals surface area contributed by atoms with E-state index < -0.39 is 17.1 Å². The van der Waals surface area contributed by atoms with Gasteiger partial charge < -0.3 is 14.7 Å². The second-order valence-electron chi connectivity index (χ2n) is 5.60. The van der Waals surface area contributed by atoms with E-state index in [1.807, 2.05) is 30.3 Å². The molecule has 6 nitrogen and oxygen atoms in total. The number of aromatic nitrogens is 2. The summed E-state index contributed by atoms with van der Waals surface area (Å²) in [5, 5.41) is 0.284. The van der Waals surface area contributed by atoms with E-state index in [1.54, 1.807) is 30.3 Å². The number of benzene rings is 2. The zero-order valence-corrected chi connectivity index (χ0v) is 14.0. The second-order valence-corrected chi connectivity index (χ2v) is 5.60. The van der Waals surface area contributed by atoms with Gasteiger partial charge in [-0.2, -0.15) is 0 Å². The summed E-state index contributed by atoms with van der Waals surface area (Å²) in [6.45, 7) is 1.31. The molecule has 1 aromatic heterocycles. The number of hydrogen-bond donors (Lipinski definition) is 2. The molecule has 3 rings (SSSR count). The van der Waals surface area contributed by atoms with Crippen molar-refractivity contribution in [3.63, 3.8) is 0 Å². The Labute approximate surface area is 148 Å². The molecule has 0 amide bonds. The summed E-state index contributed by atoms with van der Waals surface area (Å²) in [5.74, 6) is -0.0757. The first-order chi connectivity index (χ1) is 12.5. The molecule has 2 aromatic carbocycles. The van der Waals surface area contributed by atoms with Gasteiger partial charge >= 0.3 is 5.97 Å². The molecular formula is C20H16N2O4. The Morgan fingerprint density at radius 2 is 1.42 bits per heavy atom. The van der Waals surface area contributed by atoms with Crippen LogP contribution in [0, 0.1) is 0 Å². The molecule has 0 fully saturated rings. The third-order valence-corrected chi connectivity index (χ3v) is 3.53. The Morgan fingerprint density at radius 3 is 2.04 bits per heavy atom. The molecule has 26 heavy (non-hydrogen) atoms. The largest absolute Gasteiger partial charge is 0.427 e. The number of H-pyrrole nitrogens is 2. The van der Waals surface area contributed by atoms with Gasteiger partial charge in [0.25, 0.3) is 11.1 Å². The molecule has 0 spiro atoms. The molecule has 0 saturated carbocycles. The Bertz CT molecular complexity index is 1170. The zero-order valence-electron chi connectivity index (χ0n) is 14.0.